The molecule has 0 spiro atoms. The number of nitrogens with zero attached hydrogens (tertiary/aromatic N) is 2. The van der Waals surface area contributed by atoms with E-state index in [0.29, 0.717) is 23.5 Å². The molecule has 0 saturated carbocycles. The van der Waals surface area contributed by atoms with E-state index in [1.165, 1.54) is 0 Å². The molecule has 0 aliphatic heterocycles. The van der Waals surface area contributed by atoms with E-state index in [-0.39, 0.29) is 12.4 Å². The molecule has 1 aromatic carbocycles. The summed E-state index contributed by atoms with van der Waals surface area (Å²) in [5.41, 5.74) is 2.24. The quantitative estimate of drug-likeness (QED) is 0.687. The van der Waals surface area contributed by atoms with E-state index >= 15 is 0 Å². The normalized spacial score (nSPS) is 10.3. The number of esters is 1. The van der Waals surface area contributed by atoms with E-state index in [1.54, 1.807) is 19.1 Å². The van der Waals surface area contributed by atoms with Gasteiger partial charge in [0.05, 0.1) is 35.7 Å². The maximum atomic E-state index is 11.4. The van der Waals surface area contributed by atoms with E-state index < -0.39 is 0 Å². The number of carbonyl (C=O) groups is 1. The van der Waals surface area contributed by atoms with Gasteiger partial charge in [0.15, 0.2) is 4.77 Å². The van der Waals surface area contributed by atoms with Gasteiger partial charge in [-0.25, -0.2) is 0 Å². The van der Waals surface area contributed by atoms with Crippen LogP contribution in [-0.2, 0) is 16.1 Å². The van der Waals surface area contributed by atoms with Crippen LogP contribution >= 0.6 is 12.2 Å². The summed E-state index contributed by atoms with van der Waals surface area (Å²) in [7, 11) is 0. The lowest BCUT2D eigenvalue weighted by atomic mass is 10.2. The molecule has 1 heterocycles. The number of fused-ring (bicyclic) bond motifs is 1. The second-order valence-corrected chi connectivity index (χ2v) is 4.37. The van der Waals surface area contributed by atoms with E-state index in [4.69, 9.17) is 22.2 Å². The van der Waals surface area contributed by atoms with Crippen LogP contribution in [0.3, 0.4) is 0 Å². The van der Waals surface area contributed by atoms with Gasteiger partial charge in [-0.3, -0.25) is 4.79 Å². The number of nitriles is 1. The molecular weight excluding hydrogens is 262 g/mol. The number of aromatic nitrogens is 2. The topological polar surface area (TPSA) is 70.8 Å². The Hall–Kier alpha value is -2.13. The minimum atomic E-state index is -0.254. The van der Waals surface area contributed by atoms with E-state index in [9.17, 15) is 4.79 Å². The molecule has 0 radical (unpaired) electrons. The molecule has 2 aromatic rings. The molecule has 0 saturated heterocycles. The van der Waals surface area contributed by atoms with Crippen molar-refractivity contribution in [2.24, 2.45) is 0 Å². The highest BCUT2D eigenvalue weighted by Gasteiger charge is 2.08. The van der Waals surface area contributed by atoms with Crippen LogP contribution < -0.4 is 0 Å². The summed E-state index contributed by atoms with van der Waals surface area (Å²) in [5.74, 6) is -0.254. The second kappa shape index (κ2) is 5.67. The fourth-order valence-electron chi connectivity index (χ4n) is 1.88. The standard InChI is InChI=1S/C13H13N3O2S/c1-2-18-12(17)5-6-16-11-7-9(8-14)3-4-10(11)15-13(16)19/h3-4,7H,2,5-6H2,1H3,(H,15,19). The summed E-state index contributed by atoms with van der Waals surface area (Å²) in [6.45, 7) is 2.58. The number of hydrogen-bond acceptors (Lipinski definition) is 4. The average Bonchev–Trinajstić information content (AvgIpc) is 2.71. The average molecular weight is 275 g/mol. The van der Waals surface area contributed by atoms with Crippen molar-refractivity contribution in [2.45, 2.75) is 19.9 Å². The van der Waals surface area contributed by atoms with Gasteiger partial charge in [0, 0.05) is 6.54 Å². The van der Waals surface area contributed by atoms with Gasteiger partial charge in [0.1, 0.15) is 0 Å². The Morgan fingerprint density at radius 2 is 2.37 bits per heavy atom. The van der Waals surface area contributed by atoms with Gasteiger partial charge >= 0.3 is 5.97 Å². The lowest BCUT2D eigenvalue weighted by Gasteiger charge is -2.04. The molecule has 5 nitrogen and oxygen atoms in total. The number of imidazole rings is 1. The molecule has 0 amide bonds. The second-order valence-electron chi connectivity index (χ2n) is 3.98. The smallest absolute Gasteiger partial charge is 0.307 e. The number of ether oxygens (including phenoxy) is 1. The summed E-state index contributed by atoms with van der Waals surface area (Å²) in [6.07, 6.45) is 0.256. The third-order valence-corrected chi connectivity index (χ3v) is 3.07. The van der Waals surface area contributed by atoms with Crippen molar-refractivity contribution in [3.05, 3.63) is 28.5 Å². The van der Waals surface area contributed by atoms with Crippen molar-refractivity contribution in [2.75, 3.05) is 6.61 Å². The van der Waals surface area contributed by atoms with Crippen LogP contribution in [0.2, 0.25) is 0 Å². The minimum Gasteiger partial charge on any atom is -0.466 e. The van der Waals surface area contributed by atoms with Crippen LogP contribution in [0.4, 0.5) is 0 Å². The number of hydrogen-bond donors (Lipinski definition) is 1. The molecule has 98 valence electrons. The molecule has 1 N–H and O–H groups in total. The summed E-state index contributed by atoms with van der Waals surface area (Å²) in [5, 5.41) is 8.91. The molecule has 0 fully saturated rings. The Bertz CT molecular complexity index is 709. The largest absolute Gasteiger partial charge is 0.466 e. The SMILES string of the molecule is CCOC(=O)CCn1c(=S)[nH]c2ccc(C#N)cc21. The molecule has 0 atom stereocenters. The molecule has 6 heteroatoms. The number of aryl methyl sites for hydroxylation is 1. The summed E-state index contributed by atoms with van der Waals surface area (Å²) >= 11 is 5.22. The number of carbonyl (C=O) groups excluding carboxylic acids is 1. The number of H-pyrrole nitrogens is 1. The minimum absolute atomic E-state index is 0.254. The molecule has 2 rings (SSSR count). The van der Waals surface area contributed by atoms with Crippen molar-refractivity contribution in [1.29, 1.82) is 5.26 Å². The molecule has 0 unspecified atom stereocenters. The third-order valence-electron chi connectivity index (χ3n) is 2.75. The predicted octanol–water partition coefficient (Wildman–Crippen LogP) is 2.52. The summed E-state index contributed by atoms with van der Waals surface area (Å²) < 4.78 is 7.23. The van der Waals surface area contributed by atoms with Crippen molar-refractivity contribution in [3.63, 3.8) is 0 Å². The van der Waals surface area contributed by atoms with Crippen molar-refractivity contribution < 1.29 is 9.53 Å². The first-order valence-corrected chi connectivity index (χ1v) is 6.35. The van der Waals surface area contributed by atoms with Crippen molar-refractivity contribution >= 4 is 29.2 Å². The van der Waals surface area contributed by atoms with Crippen LogP contribution in [-0.4, -0.2) is 22.1 Å². The Morgan fingerprint density at radius 1 is 1.58 bits per heavy atom. The molecular formula is C13H13N3O2S. The highest BCUT2D eigenvalue weighted by atomic mass is 32.1. The summed E-state index contributed by atoms with van der Waals surface area (Å²) in [6, 6.07) is 7.38. The Kier molecular flexibility index (Phi) is 3.97. The zero-order valence-corrected chi connectivity index (χ0v) is 11.3. The summed E-state index contributed by atoms with van der Waals surface area (Å²) in [4.78, 5) is 14.4. The highest BCUT2D eigenvalue weighted by molar-refractivity contribution is 7.71. The van der Waals surface area contributed by atoms with Crippen LogP contribution in [0.15, 0.2) is 18.2 Å². The van der Waals surface area contributed by atoms with Crippen LogP contribution in [0.5, 0.6) is 0 Å². The Labute approximate surface area is 115 Å². The predicted molar refractivity (Wildman–Crippen MR) is 73.1 cm³/mol. The zero-order chi connectivity index (χ0) is 13.8. The van der Waals surface area contributed by atoms with Crippen molar-refractivity contribution in [1.82, 2.24) is 9.55 Å². The number of aromatic amines is 1. The van der Waals surface area contributed by atoms with Crippen LogP contribution in [0, 0.1) is 16.1 Å². The maximum absolute atomic E-state index is 11.4. The molecule has 0 aliphatic carbocycles. The molecule has 0 aliphatic rings. The number of rotatable bonds is 4. The van der Waals surface area contributed by atoms with E-state index in [2.05, 4.69) is 11.1 Å². The lowest BCUT2D eigenvalue weighted by molar-refractivity contribution is -0.143. The fraction of sp³-hybridized carbons (Fsp3) is 0.308. The van der Waals surface area contributed by atoms with Gasteiger partial charge in [-0.2, -0.15) is 5.26 Å². The van der Waals surface area contributed by atoms with Crippen molar-refractivity contribution in [3.8, 4) is 6.07 Å². The van der Waals surface area contributed by atoms with Gasteiger partial charge in [-0.05, 0) is 37.3 Å². The lowest BCUT2D eigenvalue weighted by Crippen LogP contribution is -2.09. The number of benzene rings is 1. The maximum Gasteiger partial charge on any atom is 0.307 e. The molecule has 1 aromatic heterocycles. The monoisotopic (exact) mass is 275 g/mol. The number of nitrogens with one attached hydrogen (secondary N) is 1. The zero-order valence-electron chi connectivity index (χ0n) is 10.5. The first-order valence-electron chi connectivity index (χ1n) is 5.94. The van der Waals surface area contributed by atoms with Gasteiger partial charge in [0.25, 0.3) is 0 Å². The first kappa shape index (κ1) is 13.3. The van der Waals surface area contributed by atoms with Gasteiger partial charge < -0.3 is 14.3 Å². The van der Waals surface area contributed by atoms with Crippen LogP contribution in [0.25, 0.3) is 11.0 Å². The van der Waals surface area contributed by atoms with Gasteiger partial charge in [0.2, 0.25) is 0 Å². The Balaban J connectivity index is 2.32. The molecule has 19 heavy (non-hydrogen) atoms. The fourth-order valence-corrected chi connectivity index (χ4v) is 2.18. The molecule has 0 bridgehead atoms. The highest BCUT2D eigenvalue weighted by Crippen LogP contribution is 2.16. The van der Waals surface area contributed by atoms with Gasteiger partial charge in [-0.15, -0.1) is 0 Å². The van der Waals surface area contributed by atoms with E-state index in [0.717, 1.165) is 11.0 Å². The van der Waals surface area contributed by atoms with Crippen LogP contribution in [0.1, 0.15) is 18.9 Å². The first-order chi connectivity index (χ1) is 9.15. The Morgan fingerprint density at radius 3 is 3.05 bits per heavy atom. The van der Waals surface area contributed by atoms with Gasteiger partial charge in [-0.1, -0.05) is 0 Å². The van der Waals surface area contributed by atoms with E-state index in [1.807, 2.05) is 10.6 Å². The third kappa shape index (κ3) is 2.83.